The predicted octanol–water partition coefficient (Wildman–Crippen LogP) is 29.6. The van der Waals surface area contributed by atoms with Crippen LogP contribution in [-0.4, -0.2) is 0 Å². The quantitative estimate of drug-likeness (QED) is 0.0394. The van der Waals surface area contributed by atoms with Crippen molar-refractivity contribution in [3.63, 3.8) is 0 Å². The van der Waals surface area contributed by atoms with Gasteiger partial charge in [-0.15, -0.1) is 13.2 Å². The summed E-state index contributed by atoms with van der Waals surface area (Å²) in [4.78, 5) is 4.82. The Morgan fingerprint density at radius 3 is 1.09 bits per heavy atom. The predicted molar refractivity (Wildman–Crippen MR) is 461 cm³/mol. The molecular formula is C106H92N2. The van der Waals surface area contributed by atoms with Crippen LogP contribution in [0.1, 0.15) is 123 Å². The molecule has 0 heterocycles. The molecule has 108 heavy (non-hydrogen) atoms. The second kappa shape index (κ2) is 30.4. The van der Waals surface area contributed by atoms with Crippen LogP contribution in [0.3, 0.4) is 0 Å². The smallest absolute Gasteiger partial charge is 0.0713 e. The molecule has 0 saturated heterocycles. The summed E-state index contributed by atoms with van der Waals surface area (Å²) in [7, 11) is 0. The molecule has 0 saturated carbocycles. The summed E-state index contributed by atoms with van der Waals surface area (Å²) >= 11 is 0. The number of anilines is 6. The van der Waals surface area contributed by atoms with Gasteiger partial charge in [0.2, 0.25) is 0 Å². The zero-order chi connectivity index (χ0) is 73.0. The molecule has 0 aromatic heterocycles. The maximum atomic E-state index is 4.01. The number of unbranched alkanes of at least 4 members (excludes halogenated alkanes) is 6. The van der Waals surface area contributed by atoms with E-state index in [9.17, 15) is 0 Å². The summed E-state index contributed by atoms with van der Waals surface area (Å²) in [5, 5.41) is 4.87. The SMILES string of the molecule is C=CCc1cccc(-c2ccc(N(c3ccc(-c4ccc5c(c4)-c4cc6c(cc4C5(c4ccccc4)c4ccccc4)C(CCCCCC)(CCCCCC)c4cc(-c5ccc(N(c7ccc(-c8cccc(CC=C)c8)cc7)c7ccc8ccccc8c7)cc5)ccc4-6)cc3)c3ccc4ccccc4c3)cc2)c1. The maximum Gasteiger partial charge on any atom is 0.0713 e. The van der Waals surface area contributed by atoms with Gasteiger partial charge in [-0.1, -0.05) is 326 Å². The van der Waals surface area contributed by atoms with Crippen molar-refractivity contribution in [1.82, 2.24) is 0 Å². The Morgan fingerprint density at radius 2 is 0.639 bits per heavy atom. The summed E-state index contributed by atoms with van der Waals surface area (Å²) in [5.41, 5.74) is 31.7. The highest BCUT2D eigenvalue weighted by Crippen LogP contribution is 2.63. The van der Waals surface area contributed by atoms with Crippen molar-refractivity contribution in [2.45, 2.75) is 102 Å². The average Bonchev–Trinajstić information content (AvgIpc) is 1.51. The number of hydrogen-bond acceptors (Lipinski definition) is 2. The van der Waals surface area contributed by atoms with Crippen molar-refractivity contribution in [3.05, 3.63) is 410 Å². The Bertz CT molecular complexity index is 5700. The summed E-state index contributed by atoms with van der Waals surface area (Å²) in [6.45, 7) is 12.7. The molecule has 15 aromatic rings. The lowest BCUT2D eigenvalue weighted by Crippen LogP contribution is -2.30. The number of fused-ring (bicyclic) bond motifs is 8. The molecule has 0 aliphatic heterocycles. The third-order valence-electron chi connectivity index (χ3n) is 23.4. The van der Waals surface area contributed by atoms with Crippen molar-refractivity contribution in [2.75, 3.05) is 9.80 Å². The van der Waals surface area contributed by atoms with Crippen molar-refractivity contribution in [2.24, 2.45) is 0 Å². The van der Waals surface area contributed by atoms with E-state index >= 15 is 0 Å². The Hall–Kier alpha value is -12.1. The Morgan fingerprint density at radius 1 is 0.259 bits per heavy atom. The van der Waals surface area contributed by atoms with Gasteiger partial charge in [0.05, 0.1) is 5.41 Å². The minimum atomic E-state index is -0.590. The van der Waals surface area contributed by atoms with Crippen LogP contribution in [0.5, 0.6) is 0 Å². The number of hydrogen-bond donors (Lipinski definition) is 0. The van der Waals surface area contributed by atoms with Gasteiger partial charge in [0.1, 0.15) is 0 Å². The van der Waals surface area contributed by atoms with E-state index in [4.69, 9.17) is 0 Å². The third-order valence-corrected chi connectivity index (χ3v) is 23.4. The fourth-order valence-electron chi connectivity index (χ4n) is 18.0. The zero-order valence-corrected chi connectivity index (χ0v) is 62.3. The molecular weight excluding hydrogens is 1300 g/mol. The largest absolute Gasteiger partial charge is 0.310 e. The summed E-state index contributed by atoms with van der Waals surface area (Å²) in [6.07, 6.45) is 17.5. The van der Waals surface area contributed by atoms with Crippen molar-refractivity contribution in [1.29, 1.82) is 0 Å². The van der Waals surface area contributed by atoms with E-state index in [0.29, 0.717) is 0 Å². The fraction of sp³-hybridized carbons (Fsp3) is 0.151. The van der Waals surface area contributed by atoms with Crippen LogP contribution in [0.15, 0.2) is 365 Å². The average molecular weight is 1390 g/mol. The Labute approximate surface area is 639 Å². The molecule has 0 bridgehead atoms. The number of allylic oxidation sites excluding steroid dienone is 2. The molecule has 0 atom stereocenters. The van der Waals surface area contributed by atoms with Crippen molar-refractivity contribution >= 4 is 55.7 Å². The number of rotatable bonds is 26. The van der Waals surface area contributed by atoms with Crippen LogP contribution in [0.4, 0.5) is 34.1 Å². The fourth-order valence-corrected chi connectivity index (χ4v) is 18.0. The normalized spacial score (nSPS) is 12.8. The topological polar surface area (TPSA) is 6.48 Å². The first kappa shape index (κ1) is 69.0. The molecule has 2 aliphatic rings. The molecule has 0 radical (unpaired) electrons. The van der Waals surface area contributed by atoms with E-state index < -0.39 is 5.41 Å². The molecule has 2 heteroatoms. The van der Waals surface area contributed by atoms with Gasteiger partial charge in [0, 0.05) is 39.5 Å². The van der Waals surface area contributed by atoms with Gasteiger partial charge in [-0.3, -0.25) is 0 Å². The van der Waals surface area contributed by atoms with Crippen LogP contribution in [-0.2, 0) is 23.7 Å². The van der Waals surface area contributed by atoms with E-state index in [1.54, 1.807) is 0 Å². The minimum Gasteiger partial charge on any atom is -0.310 e. The summed E-state index contributed by atoms with van der Waals surface area (Å²) < 4.78 is 0. The van der Waals surface area contributed by atoms with Crippen LogP contribution in [0, 0.1) is 0 Å². The summed E-state index contributed by atoms with van der Waals surface area (Å²) in [6, 6.07) is 129. The van der Waals surface area contributed by atoms with Crippen LogP contribution < -0.4 is 9.80 Å². The van der Waals surface area contributed by atoms with E-state index in [2.05, 4.69) is 377 Å². The highest BCUT2D eigenvalue weighted by atomic mass is 15.1. The van der Waals surface area contributed by atoms with Crippen molar-refractivity contribution in [3.8, 4) is 66.8 Å². The second-order valence-corrected chi connectivity index (χ2v) is 30.0. The molecule has 526 valence electrons. The highest BCUT2D eigenvalue weighted by Gasteiger charge is 2.50. The minimum absolute atomic E-state index is 0.204. The van der Waals surface area contributed by atoms with Crippen LogP contribution in [0.25, 0.3) is 88.3 Å². The standard InChI is InChI=1S/C106H92N2/c1-5-9-11-23-65-105(66-24-12-10-6-2)102-72-88(82-47-59-94(60-48-82)108(96-62-50-78-32-20-22-34-86(78)70-96)92-55-43-80(44-56-92)84-36-26-30-76(68-84)28-8-4)51-63-97(102)99-73-100-98-71-87(52-64-101(98)106(104(100)74-103(99)105,89-37-15-13-16-38-89)90-39-17-14-18-40-90)81-45-57-93(58-46-81)107(95-61-49-77-31-19-21-33-85(77)69-95)91-53-41-79(42-54-91)83-35-25-29-75(67-83)27-7-3/h7-8,13-22,25-26,29-64,67-74H,3-6,9-12,23-24,27-28,65-66H2,1-2H3. The van der Waals surface area contributed by atoms with E-state index in [0.717, 1.165) is 59.8 Å². The van der Waals surface area contributed by atoms with Crippen LogP contribution >= 0.6 is 0 Å². The second-order valence-electron chi connectivity index (χ2n) is 30.0. The lowest BCUT2D eigenvalue weighted by molar-refractivity contribution is 0.400. The van der Waals surface area contributed by atoms with E-state index in [-0.39, 0.29) is 5.41 Å². The van der Waals surface area contributed by atoms with Crippen LogP contribution in [0.2, 0.25) is 0 Å². The lowest BCUT2D eigenvalue weighted by Gasteiger charge is -2.36. The van der Waals surface area contributed by atoms with Crippen molar-refractivity contribution < 1.29 is 0 Å². The number of nitrogens with zero attached hydrogens (tertiary/aromatic N) is 2. The highest BCUT2D eigenvalue weighted by molar-refractivity contribution is 5.97. The maximum absolute atomic E-state index is 4.01. The molecule has 0 unspecified atom stereocenters. The van der Waals surface area contributed by atoms with Gasteiger partial charge in [-0.2, -0.15) is 0 Å². The zero-order valence-electron chi connectivity index (χ0n) is 62.3. The summed E-state index contributed by atoms with van der Waals surface area (Å²) in [5.74, 6) is 0. The molecule has 0 fully saturated rings. The molecule has 2 aliphatic carbocycles. The first-order valence-electron chi connectivity index (χ1n) is 39.3. The molecule has 0 spiro atoms. The number of benzene rings is 15. The molecule has 15 aromatic carbocycles. The van der Waals surface area contributed by atoms with Gasteiger partial charge >= 0.3 is 0 Å². The third kappa shape index (κ3) is 13.0. The first-order chi connectivity index (χ1) is 53.3. The van der Waals surface area contributed by atoms with Gasteiger partial charge < -0.3 is 9.80 Å². The van der Waals surface area contributed by atoms with Gasteiger partial charge in [-0.25, -0.2) is 0 Å². The van der Waals surface area contributed by atoms with E-state index in [1.807, 2.05) is 12.2 Å². The molecule has 2 nitrogen and oxygen atoms in total. The Kier molecular flexibility index (Phi) is 19.4. The molecule has 17 rings (SSSR count). The Balaban J connectivity index is 0.785. The van der Waals surface area contributed by atoms with E-state index in [1.165, 1.54) is 184 Å². The first-order valence-corrected chi connectivity index (χ1v) is 39.3. The molecule has 0 N–H and O–H groups in total. The van der Waals surface area contributed by atoms with Gasteiger partial charge in [0.15, 0.2) is 0 Å². The monoisotopic (exact) mass is 1390 g/mol. The van der Waals surface area contributed by atoms with Gasteiger partial charge in [0.25, 0.3) is 0 Å². The lowest BCUT2D eigenvalue weighted by atomic mass is 9.65. The molecule has 0 amide bonds. The van der Waals surface area contributed by atoms with Gasteiger partial charge in [-0.05, 0) is 249 Å².